The van der Waals surface area contributed by atoms with Crippen LogP contribution < -0.4 is 4.57 Å². The highest BCUT2D eigenvalue weighted by atomic mass is 32.2. The summed E-state index contributed by atoms with van der Waals surface area (Å²) in [5.74, 6) is 0. The van der Waals surface area contributed by atoms with Crippen molar-refractivity contribution in [2.24, 2.45) is 14.1 Å². The van der Waals surface area contributed by atoms with E-state index in [1.165, 1.54) is 32.8 Å². The van der Waals surface area contributed by atoms with Crippen LogP contribution in [0, 0.1) is 0 Å². The van der Waals surface area contributed by atoms with Gasteiger partial charge in [-0.2, -0.15) is 17.7 Å². The fourth-order valence-electron chi connectivity index (χ4n) is 3.09. The number of pyridine rings is 1. The average molecular weight is 396 g/mol. The molecule has 0 radical (unpaired) electrons. The molecule has 0 N–H and O–H groups in total. The SMILES string of the molecule is Cn1c2ccccc2c2c1cc1ccccc1[n+]2C.O=S(=O)([O-])C(F)(F)F. The maximum atomic E-state index is 10.7. The summed E-state index contributed by atoms with van der Waals surface area (Å²) in [7, 11) is -1.80. The topological polar surface area (TPSA) is 66.0 Å². The van der Waals surface area contributed by atoms with Gasteiger partial charge in [0.1, 0.15) is 12.6 Å². The molecular formula is C18H15F3N2O3S. The monoisotopic (exact) mass is 396 g/mol. The second kappa shape index (κ2) is 6.50. The first-order chi connectivity index (χ1) is 12.5. The molecule has 2 aromatic carbocycles. The summed E-state index contributed by atoms with van der Waals surface area (Å²) < 4.78 is 63.5. The van der Waals surface area contributed by atoms with E-state index >= 15 is 0 Å². The van der Waals surface area contributed by atoms with Crippen molar-refractivity contribution >= 4 is 43.0 Å². The fourth-order valence-corrected chi connectivity index (χ4v) is 3.09. The standard InChI is InChI=1S/C17H15N2.CHF3O3S/c1-18-15-10-6-4-8-13(15)17-16(18)11-12-7-3-5-9-14(12)19(17)2;2-1(3,4)8(5,6)7/h3-11H,1-2H3;(H,5,6,7)/q+1;/p-1. The van der Waals surface area contributed by atoms with Gasteiger partial charge in [0.15, 0.2) is 10.1 Å². The van der Waals surface area contributed by atoms with E-state index in [-0.39, 0.29) is 0 Å². The van der Waals surface area contributed by atoms with Crippen molar-refractivity contribution in [1.29, 1.82) is 0 Å². The number of aryl methyl sites for hydroxylation is 2. The van der Waals surface area contributed by atoms with Gasteiger partial charge in [0, 0.05) is 18.5 Å². The summed E-state index contributed by atoms with van der Waals surface area (Å²) >= 11 is 0. The maximum absolute atomic E-state index is 10.7. The van der Waals surface area contributed by atoms with Gasteiger partial charge in [-0.25, -0.2) is 8.42 Å². The van der Waals surface area contributed by atoms with Gasteiger partial charge in [-0.05, 0) is 24.3 Å². The summed E-state index contributed by atoms with van der Waals surface area (Å²) in [6.45, 7) is 0. The fraction of sp³-hybridized carbons (Fsp3) is 0.167. The summed E-state index contributed by atoms with van der Waals surface area (Å²) in [5.41, 5.74) is -0.513. The molecule has 2 heterocycles. The van der Waals surface area contributed by atoms with Gasteiger partial charge >= 0.3 is 5.51 Å². The van der Waals surface area contributed by atoms with Crippen molar-refractivity contribution in [3.05, 3.63) is 54.6 Å². The molecule has 0 fully saturated rings. The smallest absolute Gasteiger partial charge is 0.485 e. The number of para-hydroxylation sites is 2. The molecule has 0 bridgehead atoms. The zero-order chi connectivity index (χ0) is 20.0. The number of hydrogen-bond acceptors (Lipinski definition) is 3. The zero-order valence-corrected chi connectivity index (χ0v) is 15.2. The summed E-state index contributed by atoms with van der Waals surface area (Å²) in [6, 6.07) is 19.4. The number of fused-ring (bicyclic) bond motifs is 4. The lowest BCUT2D eigenvalue weighted by molar-refractivity contribution is -0.616. The number of nitrogens with zero attached hydrogens (tertiary/aromatic N) is 2. The average Bonchev–Trinajstić information content (AvgIpc) is 2.87. The molecule has 0 atom stereocenters. The highest BCUT2D eigenvalue weighted by molar-refractivity contribution is 7.86. The number of alkyl halides is 3. The van der Waals surface area contributed by atoms with Crippen molar-refractivity contribution < 1.29 is 30.7 Å². The number of halogens is 3. The first-order valence-electron chi connectivity index (χ1n) is 7.79. The molecule has 0 aliphatic rings. The molecule has 0 aliphatic heterocycles. The van der Waals surface area contributed by atoms with E-state index in [9.17, 15) is 13.2 Å². The van der Waals surface area contributed by atoms with Crippen LogP contribution >= 0.6 is 0 Å². The van der Waals surface area contributed by atoms with Crippen LogP contribution in [0.25, 0.3) is 32.8 Å². The second-order valence-corrected chi connectivity index (χ2v) is 7.34. The van der Waals surface area contributed by atoms with Crippen LogP contribution in [-0.4, -0.2) is 23.0 Å². The molecule has 0 spiro atoms. The second-order valence-electron chi connectivity index (χ2n) is 5.97. The van der Waals surface area contributed by atoms with Crippen molar-refractivity contribution in [3.8, 4) is 0 Å². The van der Waals surface area contributed by atoms with Crippen LogP contribution in [0.15, 0.2) is 54.6 Å². The third-order valence-corrected chi connectivity index (χ3v) is 4.90. The van der Waals surface area contributed by atoms with Gasteiger partial charge in [-0.15, -0.1) is 0 Å². The zero-order valence-electron chi connectivity index (χ0n) is 14.4. The number of benzene rings is 2. The van der Waals surface area contributed by atoms with E-state index in [0.29, 0.717) is 0 Å². The normalized spacial score (nSPS) is 12.4. The molecule has 0 unspecified atom stereocenters. The Morgan fingerprint density at radius 2 is 1.56 bits per heavy atom. The van der Waals surface area contributed by atoms with Gasteiger partial charge in [0.05, 0.1) is 10.9 Å². The van der Waals surface area contributed by atoms with Gasteiger partial charge in [0.2, 0.25) is 11.0 Å². The number of rotatable bonds is 0. The van der Waals surface area contributed by atoms with E-state index in [1.54, 1.807) is 0 Å². The van der Waals surface area contributed by atoms with Crippen LogP contribution in [-0.2, 0) is 24.2 Å². The van der Waals surface area contributed by atoms with Crippen molar-refractivity contribution in [2.45, 2.75) is 5.51 Å². The molecule has 27 heavy (non-hydrogen) atoms. The molecular weight excluding hydrogens is 381 g/mol. The Kier molecular flexibility index (Phi) is 4.61. The van der Waals surface area contributed by atoms with E-state index < -0.39 is 15.6 Å². The molecule has 2 aromatic heterocycles. The van der Waals surface area contributed by atoms with Crippen LogP contribution in [0.3, 0.4) is 0 Å². The highest BCUT2D eigenvalue weighted by Gasteiger charge is 2.36. The van der Waals surface area contributed by atoms with Crippen LogP contribution in [0.5, 0.6) is 0 Å². The third kappa shape index (κ3) is 3.35. The Balaban J connectivity index is 0.000000226. The Bertz CT molecular complexity index is 1260. The molecule has 4 rings (SSSR count). The highest BCUT2D eigenvalue weighted by Crippen LogP contribution is 2.27. The Labute approximate surface area is 153 Å². The van der Waals surface area contributed by atoms with Gasteiger partial charge < -0.3 is 9.12 Å². The predicted octanol–water partition coefficient (Wildman–Crippen LogP) is 3.36. The molecule has 0 saturated carbocycles. The van der Waals surface area contributed by atoms with Gasteiger partial charge in [-0.1, -0.05) is 24.3 Å². The number of hydrogen-bond donors (Lipinski definition) is 0. The molecule has 142 valence electrons. The van der Waals surface area contributed by atoms with Crippen molar-refractivity contribution in [3.63, 3.8) is 0 Å². The largest absolute Gasteiger partial charge is 0.741 e. The Morgan fingerprint density at radius 3 is 2.19 bits per heavy atom. The molecule has 5 nitrogen and oxygen atoms in total. The van der Waals surface area contributed by atoms with Gasteiger partial charge in [-0.3, -0.25) is 0 Å². The summed E-state index contributed by atoms with van der Waals surface area (Å²) in [5, 5.41) is 2.59. The summed E-state index contributed by atoms with van der Waals surface area (Å²) in [6.07, 6.45) is 0. The minimum Gasteiger partial charge on any atom is -0.741 e. The lowest BCUT2D eigenvalue weighted by Gasteiger charge is -2.08. The van der Waals surface area contributed by atoms with Crippen molar-refractivity contribution in [2.75, 3.05) is 0 Å². The Hall–Kier alpha value is -2.65. The molecule has 0 amide bonds. The Morgan fingerprint density at radius 1 is 1.00 bits per heavy atom. The van der Waals surface area contributed by atoms with Crippen molar-refractivity contribution in [1.82, 2.24) is 4.57 Å². The molecule has 0 aliphatic carbocycles. The van der Waals surface area contributed by atoms with E-state index in [1.807, 2.05) is 0 Å². The quantitative estimate of drug-likeness (QED) is 0.260. The summed E-state index contributed by atoms with van der Waals surface area (Å²) in [4.78, 5) is 0. The predicted molar refractivity (Wildman–Crippen MR) is 94.9 cm³/mol. The number of aromatic nitrogens is 2. The lowest BCUT2D eigenvalue weighted by Crippen LogP contribution is -2.29. The molecule has 9 heteroatoms. The first kappa shape index (κ1) is 19.1. The van der Waals surface area contributed by atoms with Gasteiger partial charge in [0.25, 0.3) is 0 Å². The minimum absolute atomic E-state index is 1.27. The van der Waals surface area contributed by atoms with E-state index in [2.05, 4.69) is 77.8 Å². The maximum Gasteiger partial charge on any atom is 0.485 e. The van der Waals surface area contributed by atoms with Crippen LogP contribution in [0.1, 0.15) is 0 Å². The van der Waals surface area contributed by atoms with E-state index in [4.69, 9.17) is 13.0 Å². The molecule has 4 aromatic rings. The lowest BCUT2D eigenvalue weighted by atomic mass is 10.1. The first-order valence-corrected chi connectivity index (χ1v) is 9.20. The van der Waals surface area contributed by atoms with Crippen LogP contribution in [0.4, 0.5) is 13.2 Å². The van der Waals surface area contributed by atoms with Crippen LogP contribution in [0.2, 0.25) is 0 Å². The third-order valence-electron chi connectivity index (χ3n) is 4.33. The minimum atomic E-state index is -6.09. The van der Waals surface area contributed by atoms with E-state index in [0.717, 1.165) is 0 Å². The molecule has 0 saturated heterocycles.